The smallest absolute Gasteiger partial charge is 0.359 e. The maximum absolute atomic E-state index is 12.9. The van der Waals surface area contributed by atoms with Crippen molar-refractivity contribution in [3.63, 3.8) is 0 Å². The number of benzene rings is 1. The molecule has 1 fully saturated rings. The molecule has 3 heterocycles. The molecule has 10 heteroatoms. The molecule has 1 unspecified atom stereocenters. The number of alkyl halides is 3. The fraction of sp³-hybridized carbons (Fsp3) is 0.333. The number of rotatable bonds is 3. The van der Waals surface area contributed by atoms with Crippen LogP contribution in [-0.2, 0) is 6.18 Å². The van der Waals surface area contributed by atoms with Crippen LogP contribution in [0.4, 0.5) is 13.2 Å². The molecule has 1 aromatic carbocycles. The lowest BCUT2D eigenvalue weighted by Crippen LogP contribution is -2.30. The van der Waals surface area contributed by atoms with Crippen LogP contribution < -0.4 is 0 Å². The Kier molecular flexibility index (Phi) is 4.40. The van der Waals surface area contributed by atoms with Crippen molar-refractivity contribution in [3.8, 4) is 11.4 Å². The van der Waals surface area contributed by atoms with Gasteiger partial charge in [0.2, 0.25) is 5.82 Å². The van der Waals surface area contributed by atoms with Gasteiger partial charge in [0.25, 0.3) is 5.91 Å². The first-order valence-corrected chi connectivity index (χ1v) is 8.58. The van der Waals surface area contributed by atoms with Crippen LogP contribution in [0, 0.1) is 6.92 Å². The highest BCUT2D eigenvalue weighted by Crippen LogP contribution is 2.34. The lowest BCUT2D eigenvalue weighted by molar-refractivity contribution is -0.159. The summed E-state index contributed by atoms with van der Waals surface area (Å²) in [5, 5.41) is 7.21. The summed E-state index contributed by atoms with van der Waals surface area (Å²) >= 11 is 0. The Hall–Kier alpha value is -3.17. The highest BCUT2D eigenvalue weighted by Gasteiger charge is 2.38. The third-order valence-electron chi connectivity index (χ3n) is 4.55. The van der Waals surface area contributed by atoms with Crippen LogP contribution in [0.2, 0.25) is 0 Å². The van der Waals surface area contributed by atoms with Crippen molar-refractivity contribution in [1.82, 2.24) is 20.2 Å². The van der Waals surface area contributed by atoms with Gasteiger partial charge in [-0.2, -0.15) is 18.2 Å². The van der Waals surface area contributed by atoms with E-state index in [1.54, 1.807) is 4.90 Å². The molecular weight excluding hydrogens is 377 g/mol. The van der Waals surface area contributed by atoms with E-state index in [2.05, 4.69) is 19.8 Å². The van der Waals surface area contributed by atoms with E-state index in [1.165, 1.54) is 24.3 Å². The Bertz CT molecular complexity index is 994. The maximum Gasteiger partial charge on any atom is 0.471 e. The number of aromatic nitrogens is 3. The molecule has 0 saturated carbocycles. The van der Waals surface area contributed by atoms with Gasteiger partial charge in [0, 0.05) is 23.7 Å². The third kappa shape index (κ3) is 3.37. The van der Waals surface area contributed by atoms with Crippen molar-refractivity contribution in [2.45, 2.75) is 32.0 Å². The van der Waals surface area contributed by atoms with Crippen molar-refractivity contribution < 1.29 is 27.0 Å². The molecule has 0 bridgehead atoms. The minimum absolute atomic E-state index is 0.181. The first-order valence-electron chi connectivity index (χ1n) is 8.58. The van der Waals surface area contributed by atoms with Gasteiger partial charge < -0.3 is 13.9 Å². The second-order valence-electron chi connectivity index (χ2n) is 6.53. The van der Waals surface area contributed by atoms with E-state index in [0.29, 0.717) is 23.4 Å². The molecule has 0 aliphatic carbocycles. The molecule has 7 nitrogen and oxygen atoms in total. The Labute approximate surface area is 157 Å². The fourth-order valence-corrected chi connectivity index (χ4v) is 3.23. The summed E-state index contributed by atoms with van der Waals surface area (Å²) in [5.41, 5.74) is 1.48. The zero-order valence-corrected chi connectivity index (χ0v) is 14.7. The Morgan fingerprint density at radius 3 is 2.54 bits per heavy atom. The molecule has 1 amide bonds. The fourth-order valence-electron chi connectivity index (χ4n) is 3.23. The van der Waals surface area contributed by atoms with Crippen LogP contribution in [0.1, 0.15) is 46.6 Å². The van der Waals surface area contributed by atoms with Crippen LogP contribution in [-0.4, -0.2) is 32.6 Å². The molecule has 0 spiro atoms. The minimum Gasteiger partial charge on any atom is -0.359 e. The molecule has 1 saturated heterocycles. The summed E-state index contributed by atoms with van der Waals surface area (Å²) in [5.74, 6) is -1.15. The van der Waals surface area contributed by atoms with Crippen LogP contribution in [0.15, 0.2) is 39.4 Å². The van der Waals surface area contributed by atoms with Crippen LogP contribution in [0.3, 0.4) is 0 Å². The number of hydrogen-bond acceptors (Lipinski definition) is 6. The SMILES string of the molecule is Cc1cc(C2CCCN2C(=O)c2ccc(-c3noc(C(F)(F)F)n3)cc2)on1. The molecule has 4 rings (SSSR count). The molecule has 3 aromatic rings. The van der Waals surface area contributed by atoms with Crippen molar-refractivity contribution in [2.24, 2.45) is 0 Å². The summed E-state index contributed by atoms with van der Waals surface area (Å²) in [7, 11) is 0. The monoisotopic (exact) mass is 392 g/mol. The summed E-state index contributed by atoms with van der Waals surface area (Å²) in [6.45, 7) is 2.40. The summed E-state index contributed by atoms with van der Waals surface area (Å²) < 4.78 is 47.3. The molecule has 0 radical (unpaired) electrons. The number of hydrogen-bond donors (Lipinski definition) is 0. The Balaban J connectivity index is 1.53. The van der Waals surface area contributed by atoms with E-state index in [0.717, 1.165) is 18.5 Å². The summed E-state index contributed by atoms with van der Waals surface area (Å²) in [6.07, 6.45) is -3.08. The third-order valence-corrected chi connectivity index (χ3v) is 4.55. The molecule has 1 aliphatic rings. The Morgan fingerprint density at radius 2 is 1.93 bits per heavy atom. The van der Waals surface area contributed by atoms with Crippen molar-refractivity contribution in [1.29, 1.82) is 0 Å². The molecular formula is C18H15F3N4O3. The van der Waals surface area contributed by atoms with Gasteiger partial charge in [-0.15, -0.1) is 0 Å². The van der Waals surface area contributed by atoms with Crippen molar-refractivity contribution in [2.75, 3.05) is 6.54 Å². The highest BCUT2D eigenvalue weighted by molar-refractivity contribution is 5.95. The molecule has 146 valence electrons. The van der Waals surface area contributed by atoms with Gasteiger partial charge in [0.1, 0.15) is 0 Å². The number of nitrogens with zero attached hydrogens (tertiary/aromatic N) is 4. The predicted octanol–water partition coefficient (Wildman–Crippen LogP) is 4.03. The van der Waals surface area contributed by atoms with E-state index < -0.39 is 12.1 Å². The number of carbonyl (C=O) groups is 1. The predicted molar refractivity (Wildman–Crippen MR) is 89.0 cm³/mol. The minimum atomic E-state index is -4.70. The first kappa shape index (κ1) is 18.2. The van der Waals surface area contributed by atoms with Gasteiger partial charge in [-0.1, -0.05) is 22.4 Å². The lowest BCUT2D eigenvalue weighted by atomic mass is 10.1. The van der Waals surface area contributed by atoms with Gasteiger partial charge in [0.15, 0.2) is 5.76 Å². The number of aryl methyl sites for hydroxylation is 1. The largest absolute Gasteiger partial charge is 0.471 e. The van der Waals surface area contributed by atoms with E-state index in [4.69, 9.17) is 4.52 Å². The molecule has 28 heavy (non-hydrogen) atoms. The van der Waals surface area contributed by atoms with Gasteiger partial charge in [-0.05, 0) is 31.9 Å². The van der Waals surface area contributed by atoms with E-state index in [9.17, 15) is 18.0 Å². The van der Waals surface area contributed by atoms with Crippen LogP contribution in [0.5, 0.6) is 0 Å². The molecule has 0 N–H and O–H groups in total. The lowest BCUT2D eigenvalue weighted by Gasteiger charge is -2.22. The van der Waals surface area contributed by atoms with Gasteiger partial charge in [0.05, 0.1) is 11.7 Å². The number of carbonyl (C=O) groups excluding carboxylic acids is 1. The van der Waals surface area contributed by atoms with Gasteiger partial charge >= 0.3 is 12.1 Å². The van der Waals surface area contributed by atoms with Gasteiger partial charge in [-0.25, -0.2) is 0 Å². The van der Waals surface area contributed by atoms with Crippen molar-refractivity contribution in [3.05, 3.63) is 53.2 Å². The van der Waals surface area contributed by atoms with Crippen LogP contribution >= 0.6 is 0 Å². The average Bonchev–Trinajstić information content (AvgIpc) is 3.40. The second kappa shape index (κ2) is 6.77. The van der Waals surface area contributed by atoms with E-state index >= 15 is 0 Å². The standard InChI is InChI=1S/C18H15F3N4O3/c1-10-9-14(27-23-10)13-3-2-8-25(13)16(26)12-6-4-11(5-7-12)15-22-17(28-24-15)18(19,20)21/h4-7,9,13H,2-3,8H2,1H3. The van der Waals surface area contributed by atoms with Crippen LogP contribution in [0.25, 0.3) is 11.4 Å². The van der Waals surface area contributed by atoms with Crippen molar-refractivity contribution >= 4 is 5.91 Å². The topological polar surface area (TPSA) is 85.3 Å². The Morgan fingerprint density at radius 1 is 1.18 bits per heavy atom. The molecule has 1 aliphatic heterocycles. The second-order valence-corrected chi connectivity index (χ2v) is 6.53. The average molecular weight is 392 g/mol. The van der Waals surface area contributed by atoms with Gasteiger partial charge in [-0.3, -0.25) is 4.79 Å². The number of amides is 1. The zero-order valence-electron chi connectivity index (χ0n) is 14.7. The number of likely N-dealkylation sites (tertiary alicyclic amines) is 1. The first-order chi connectivity index (χ1) is 13.3. The zero-order chi connectivity index (χ0) is 19.9. The molecule has 1 atom stereocenters. The summed E-state index contributed by atoms with van der Waals surface area (Å²) in [4.78, 5) is 17.9. The molecule has 2 aromatic heterocycles. The normalized spacial score (nSPS) is 17.3. The quantitative estimate of drug-likeness (QED) is 0.669. The van der Waals surface area contributed by atoms with E-state index in [-0.39, 0.29) is 17.8 Å². The summed E-state index contributed by atoms with van der Waals surface area (Å²) in [6, 6.07) is 7.67. The maximum atomic E-state index is 12.9. The number of halogens is 3. The van der Waals surface area contributed by atoms with E-state index in [1.807, 2.05) is 13.0 Å². The highest BCUT2D eigenvalue weighted by atomic mass is 19.4.